The molecule has 96 valence electrons. The number of hydrogen-bond acceptors (Lipinski definition) is 6. The first-order chi connectivity index (χ1) is 8.69. The lowest BCUT2D eigenvalue weighted by atomic mass is 10.2. The van der Waals surface area contributed by atoms with Crippen LogP contribution in [-0.4, -0.2) is 36.8 Å². The summed E-state index contributed by atoms with van der Waals surface area (Å²) in [4.78, 5) is 19.2. The Kier molecular flexibility index (Phi) is 2.53. The first-order valence-electron chi connectivity index (χ1n) is 5.68. The van der Waals surface area contributed by atoms with Gasteiger partial charge in [-0.25, -0.2) is 9.20 Å². The Labute approximate surface area is 102 Å². The lowest BCUT2D eigenvalue weighted by Gasteiger charge is -2.13. The zero-order chi connectivity index (χ0) is 12.7. The van der Waals surface area contributed by atoms with E-state index in [1.54, 1.807) is 17.0 Å². The predicted molar refractivity (Wildman–Crippen MR) is 61.9 cm³/mol. The summed E-state index contributed by atoms with van der Waals surface area (Å²) in [7, 11) is 0. The van der Waals surface area contributed by atoms with E-state index in [0.29, 0.717) is 5.78 Å². The molecule has 2 atom stereocenters. The van der Waals surface area contributed by atoms with Crippen LogP contribution >= 0.6 is 0 Å². The number of fused-ring (bicyclic) bond motifs is 1. The second kappa shape index (κ2) is 4.07. The minimum atomic E-state index is -0.465. The summed E-state index contributed by atoms with van der Waals surface area (Å²) in [6, 6.07) is 0. The summed E-state index contributed by atoms with van der Waals surface area (Å²) < 4.78 is 8.68. The lowest BCUT2D eigenvalue weighted by Crippen LogP contribution is -2.21. The van der Waals surface area contributed by atoms with Crippen LogP contribution in [-0.2, 0) is 4.74 Å². The minimum Gasteiger partial charge on any atom is -0.394 e. The van der Waals surface area contributed by atoms with Crippen LogP contribution in [0.5, 0.6) is 0 Å². The molecule has 0 unspecified atom stereocenters. The predicted octanol–water partition coefficient (Wildman–Crippen LogP) is -0.857. The van der Waals surface area contributed by atoms with Gasteiger partial charge < -0.3 is 15.6 Å². The molecule has 0 bridgehead atoms. The Morgan fingerprint density at radius 2 is 2.28 bits per heavy atom. The Balaban J connectivity index is 2.05. The topological polar surface area (TPSA) is 108 Å². The molecule has 1 fully saturated rings. The number of nitrogen functional groups attached to an aromatic ring is 1. The molecule has 3 heterocycles. The van der Waals surface area contributed by atoms with E-state index >= 15 is 0 Å². The number of imidazole rings is 1. The molecule has 2 aromatic rings. The summed E-state index contributed by atoms with van der Waals surface area (Å²) in [5.74, 6) is 0.341. The van der Waals surface area contributed by atoms with Crippen LogP contribution in [0, 0.1) is 0 Å². The van der Waals surface area contributed by atoms with Gasteiger partial charge in [-0.3, -0.25) is 4.57 Å². The quantitative estimate of drug-likeness (QED) is 0.719. The van der Waals surface area contributed by atoms with Gasteiger partial charge in [0.25, 0.3) is 0 Å². The third-order valence-electron chi connectivity index (χ3n) is 3.05. The van der Waals surface area contributed by atoms with Crippen molar-refractivity contribution in [2.45, 2.75) is 25.2 Å². The molecule has 2 aromatic heterocycles. The number of anilines is 1. The van der Waals surface area contributed by atoms with Crippen molar-refractivity contribution >= 4 is 11.7 Å². The molecule has 1 aliphatic heterocycles. The van der Waals surface area contributed by atoms with E-state index in [9.17, 15) is 4.79 Å². The third kappa shape index (κ3) is 1.66. The first kappa shape index (κ1) is 11.2. The Hall–Kier alpha value is -1.93. The highest BCUT2D eigenvalue weighted by molar-refractivity contribution is 5.34. The molecule has 3 rings (SSSR count). The summed E-state index contributed by atoms with van der Waals surface area (Å²) in [6.45, 7) is -0.00717. The van der Waals surface area contributed by atoms with E-state index in [4.69, 9.17) is 15.6 Å². The molecule has 0 aromatic carbocycles. The monoisotopic (exact) mass is 251 g/mol. The fraction of sp³-hybridized carbons (Fsp3) is 0.500. The van der Waals surface area contributed by atoms with Crippen molar-refractivity contribution < 1.29 is 9.84 Å². The smallest absolute Gasteiger partial charge is 0.357 e. The van der Waals surface area contributed by atoms with Crippen LogP contribution < -0.4 is 11.4 Å². The van der Waals surface area contributed by atoms with Crippen molar-refractivity contribution in [2.24, 2.45) is 0 Å². The van der Waals surface area contributed by atoms with Gasteiger partial charge in [-0.05, 0) is 12.8 Å². The molecule has 0 saturated carbocycles. The van der Waals surface area contributed by atoms with Crippen molar-refractivity contribution in [3.8, 4) is 0 Å². The molecule has 1 saturated heterocycles. The number of aliphatic hydroxyl groups excluding tert-OH is 1. The van der Waals surface area contributed by atoms with Crippen LogP contribution in [0.25, 0.3) is 5.78 Å². The number of rotatable bonds is 2. The number of ether oxygens (including phenoxy) is 1. The van der Waals surface area contributed by atoms with Gasteiger partial charge in [0.15, 0.2) is 0 Å². The molecule has 8 heteroatoms. The van der Waals surface area contributed by atoms with Gasteiger partial charge in [0, 0.05) is 12.4 Å². The lowest BCUT2D eigenvalue weighted by molar-refractivity contribution is -0.0206. The van der Waals surface area contributed by atoms with Gasteiger partial charge in [0.05, 0.1) is 12.7 Å². The van der Waals surface area contributed by atoms with Crippen molar-refractivity contribution in [3.63, 3.8) is 0 Å². The van der Waals surface area contributed by atoms with Crippen LogP contribution in [0.15, 0.2) is 17.2 Å². The average molecular weight is 251 g/mol. The Morgan fingerprint density at radius 3 is 3.00 bits per heavy atom. The highest BCUT2D eigenvalue weighted by Crippen LogP contribution is 2.28. The maximum Gasteiger partial charge on any atom is 0.357 e. The maximum atomic E-state index is 11.6. The summed E-state index contributed by atoms with van der Waals surface area (Å²) in [5, 5.41) is 9.05. The SMILES string of the molecule is Nc1nc(=O)n2ccn([C@H]3CC[C@@H](CO)O3)c2n1. The van der Waals surface area contributed by atoms with Gasteiger partial charge in [-0.1, -0.05) is 0 Å². The molecule has 0 radical (unpaired) electrons. The molecular weight excluding hydrogens is 238 g/mol. The second-order valence-corrected chi connectivity index (χ2v) is 4.21. The number of hydrogen-bond donors (Lipinski definition) is 2. The highest BCUT2D eigenvalue weighted by atomic mass is 16.5. The van der Waals surface area contributed by atoms with Crippen LogP contribution in [0.1, 0.15) is 19.1 Å². The van der Waals surface area contributed by atoms with Gasteiger partial charge in [0.2, 0.25) is 11.7 Å². The zero-order valence-corrected chi connectivity index (χ0v) is 9.56. The third-order valence-corrected chi connectivity index (χ3v) is 3.05. The van der Waals surface area contributed by atoms with Gasteiger partial charge in [0.1, 0.15) is 6.23 Å². The summed E-state index contributed by atoms with van der Waals surface area (Å²) in [6.07, 6.45) is 4.41. The fourth-order valence-corrected chi connectivity index (χ4v) is 2.19. The van der Waals surface area contributed by atoms with Crippen LogP contribution in [0.2, 0.25) is 0 Å². The molecule has 0 spiro atoms. The van der Waals surface area contributed by atoms with E-state index in [1.165, 1.54) is 4.40 Å². The van der Waals surface area contributed by atoms with Crippen molar-refractivity contribution in [1.82, 2.24) is 18.9 Å². The minimum absolute atomic E-state index is 0.00717. The standard InChI is InChI=1S/C10H13N5O3/c11-8-12-9-14(3-4-15(9)10(17)13-8)7-2-1-6(5-16)18-7/h3-4,6-7,16H,1-2,5H2,(H2,11,13,17)/t6-,7+/m0/s1. The van der Waals surface area contributed by atoms with Gasteiger partial charge in [-0.2, -0.15) is 9.97 Å². The molecule has 18 heavy (non-hydrogen) atoms. The zero-order valence-electron chi connectivity index (χ0n) is 9.56. The number of aliphatic hydroxyl groups is 1. The van der Waals surface area contributed by atoms with Crippen molar-refractivity contribution in [1.29, 1.82) is 0 Å². The van der Waals surface area contributed by atoms with E-state index in [0.717, 1.165) is 12.8 Å². The number of nitrogens with zero attached hydrogens (tertiary/aromatic N) is 4. The normalized spacial score (nSPS) is 23.8. The fourth-order valence-electron chi connectivity index (χ4n) is 2.19. The molecule has 8 nitrogen and oxygen atoms in total. The largest absolute Gasteiger partial charge is 0.394 e. The molecule has 1 aliphatic rings. The van der Waals surface area contributed by atoms with E-state index in [2.05, 4.69) is 9.97 Å². The van der Waals surface area contributed by atoms with Crippen LogP contribution in [0.3, 0.4) is 0 Å². The summed E-state index contributed by atoms with van der Waals surface area (Å²) >= 11 is 0. The average Bonchev–Trinajstić information content (AvgIpc) is 2.93. The van der Waals surface area contributed by atoms with E-state index in [1.807, 2.05) is 0 Å². The van der Waals surface area contributed by atoms with Gasteiger partial charge in [-0.15, -0.1) is 0 Å². The number of nitrogens with two attached hydrogens (primary N) is 1. The van der Waals surface area contributed by atoms with E-state index < -0.39 is 5.69 Å². The van der Waals surface area contributed by atoms with Crippen LogP contribution in [0.4, 0.5) is 5.95 Å². The number of aromatic nitrogens is 4. The Bertz CT molecular complexity index is 634. The molecular formula is C10H13N5O3. The molecule has 3 N–H and O–H groups in total. The first-order valence-corrected chi connectivity index (χ1v) is 5.68. The van der Waals surface area contributed by atoms with Crippen molar-refractivity contribution in [3.05, 3.63) is 22.9 Å². The van der Waals surface area contributed by atoms with Gasteiger partial charge >= 0.3 is 5.69 Å². The second-order valence-electron chi connectivity index (χ2n) is 4.21. The molecule has 0 aliphatic carbocycles. The maximum absolute atomic E-state index is 11.6. The van der Waals surface area contributed by atoms with E-state index in [-0.39, 0.29) is 24.9 Å². The highest BCUT2D eigenvalue weighted by Gasteiger charge is 2.27. The summed E-state index contributed by atoms with van der Waals surface area (Å²) in [5.41, 5.74) is 5.01. The van der Waals surface area contributed by atoms with Crippen molar-refractivity contribution in [2.75, 3.05) is 12.3 Å². The molecule has 0 amide bonds. The Morgan fingerprint density at radius 1 is 1.44 bits per heavy atom.